The van der Waals surface area contributed by atoms with Crippen molar-refractivity contribution in [1.82, 2.24) is 10.2 Å². The maximum atomic E-state index is 11.0. The molecule has 0 rings (SSSR count). The van der Waals surface area contributed by atoms with Gasteiger partial charge in [-0.3, -0.25) is 4.99 Å². The van der Waals surface area contributed by atoms with E-state index in [0.29, 0.717) is 6.42 Å². The lowest BCUT2D eigenvalue weighted by Crippen LogP contribution is -2.42. The highest BCUT2D eigenvalue weighted by atomic mass is 32.2. The molecule has 0 aliphatic heterocycles. The van der Waals surface area contributed by atoms with Crippen LogP contribution < -0.4 is 5.32 Å². The molecule has 90 valence electrons. The van der Waals surface area contributed by atoms with Crippen LogP contribution in [0.15, 0.2) is 4.99 Å². The first kappa shape index (κ1) is 14.2. The van der Waals surface area contributed by atoms with Gasteiger partial charge < -0.3 is 10.2 Å². The molecule has 0 saturated carbocycles. The van der Waals surface area contributed by atoms with Gasteiger partial charge in [-0.25, -0.2) is 8.42 Å². The van der Waals surface area contributed by atoms with Crippen LogP contribution in [0.1, 0.15) is 13.3 Å². The Morgan fingerprint density at radius 3 is 2.33 bits per heavy atom. The number of hydrogen-bond donors (Lipinski definition) is 1. The van der Waals surface area contributed by atoms with Crippen molar-refractivity contribution in [2.75, 3.05) is 33.2 Å². The Balaban J connectivity index is 4.09. The number of nitrogens with one attached hydrogen (secondary N) is 1. The summed E-state index contributed by atoms with van der Waals surface area (Å²) in [7, 11) is 2.60. The zero-order chi connectivity index (χ0) is 12.1. The van der Waals surface area contributed by atoms with Crippen molar-refractivity contribution in [2.24, 2.45) is 4.99 Å². The van der Waals surface area contributed by atoms with Crippen molar-refractivity contribution < 1.29 is 8.42 Å². The first-order chi connectivity index (χ1) is 6.76. The van der Waals surface area contributed by atoms with Crippen molar-refractivity contribution in [3.8, 4) is 0 Å². The second-order valence-corrected chi connectivity index (χ2v) is 6.17. The molecule has 0 radical (unpaired) electrons. The predicted octanol–water partition coefficient (Wildman–Crippen LogP) is -0.0534. The van der Waals surface area contributed by atoms with Gasteiger partial charge in [-0.05, 0) is 13.3 Å². The Morgan fingerprint density at radius 1 is 1.47 bits per heavy atom. The van der Waals surface area contributed by atoms with Crippen LogP contribution in [0.4, 0.5) is 0 Å². The van der Waals surface area contributed by atoms with Crippen LogP contribution in [-0.4, -0.2) is 58.5 Å². The Labute approximate surface area is 92.5 Å². The van der Waals surface area contributed by atoms with Crippen molar-refractivity contribution in [2.45, 2.75) is 19.4 Å². The van der Waals surface area contributed by atoms with E-state index in [9.17, 15) is 8.42 Å². The Bertz CT molecular complexity index is 309. The summed E-state index contributed by atoms with van der Waals surface area (Å²) in [4.78, 5) is 5.91. The summed E-state index contributed by atoms with van der Waals surface area (Å²) in [5.41, 5.74) is 0. The molecule has 0 spiro atoms. The fraction of sp³-hybridized carbons (Fsp3) is 0.889. The lowest BCUT2D eigenvalue weighted by atomic mass is 10.3. The highest BCUT2D eigenvalue weighted by Crippen LogP contribution is 1.96. The van der Waals surface area contributed by atoms with Crippen molar-refractivity contribution in [3.63, 3.8) is 0 Å². The van der Waals surface area contributed by atoms with E-state index in [4.69, 9.17) is 0 Å². The highest BCUT2D eigenvalue weighted by Gasteiger charge is 2.09. The summed E-state index contributed by atoms with van der Waals surface area (Å²) in [6, 6.07) is 0.0980. The summed E-state index contributed by atoms with van der Waals surface area (Å²) < 4.78 is 21.9. The molecular weight excluding hydrogens is 214 g/mol. The van der Waals surface area contributed by atoms with E-state index in [2.05, 4.69) is 10.3 Å². The first-order valence-electron chi connectivity index (χ1n) is 4.84. The molecule has 0 aromatic carbocycles. The molecule has 0 amide bonds. The van der Waals surface area contributed by atoms with E-state index in [1.807, 2.05) is 25.9 Å². The molecule has 0 saturated heterocycles. The summed E-state index contributed by atoms with van der Waals surface area (Å²) in [5, 5.41) is 3.15. The third-order valence-electron chi connectivity index (χ3n) is 1.93. The second-order valence-electron chi connectivity index (χ2n) is 3.91. The molecule has 0 aliphatic carbocycles. The van der Waals surface area contributed by atoms with Gasteiger partial charge in [0, 0.05) is 33.4 Å². The lowest BCUT2D eigenvalue weighted by Gasteiger charge is -2.21. The van der Waals surface area contributed by atoms with Crippen LogP contribution in [-0.2, 0) is 9.84 Å². The fourth-order valence-corrected chi connectivity index (χ4v) is 1.86. The van der Waals surface area contributed by atoms with Crippen molar-refractivity contribution in [1.29, 1.82) is 0 Å². The summed E-state index contributed by atoms with van der Waals surface area (Å²) in [5.74, 6) is 0.960. The first-order valence-corrected chi connectivity index (χ1v) is 6.90. The number of guanidine groups is 1. The average molecular weight is 235 g/mol. The molecule has 0 bridgehead atoms. The van der Waals surface area contributed by atoms with Crippen LogP contribution in [0.2, 0.25) is 0 Å². The molecule has 1 atom stereocenters. The topological polar surface area (TPSA) is 61.8 Å². The molecule has 0 heterocycles. The summed E-state index contributed by atoms with van der Waals surface area (Å²) in [6.07, 6.45) is 1.84. The zero-order valence-corrected chi connectivity index (χ0v) is 10.9. The third-order valence-corrected chi connectivity index (χ3v) is 2.91. The van der Waals surface area contributed by atoms with Gasteiger partial charge in [-0.1, -0.05) is 0 Å². The van der Waals surface area contributed by atoms with E-state index in [0.717, 1.165) is 5.96 Å². The summed E-state index contributed by atoms with van der Waals surface area (Å²) in [6.45, 7) is 1.94. The largest absolute Gasteiger partial charge is 0.354 e. The Morgan fingerprint density at radius 2 is 2.00 bits per heavy atom. The summed E-state index contributed by atoms with van der Waals surface area (Å²) >= 11 is 0. The molecule has 5 nitrogen and oxygen atoms in total. The molecule has 0 aromatic rings. The number of nitrogens with zero attached hydrogens (tertiary/aromatic N) is 2. The molecule has 0 aromatic heterocycles. The Hall–Kier alpha value is -0.780. The normalized spacial score (nSPS) is 14.9. The monoisotopic (exact) mass is 235 g/mol. The number of sulfone groups is 1. The quantitative estimate of drug-likeness (QED) is 0.548. The molecular formula is C9H21N3O2S. The second kappa shape index (κ2) is 5.95. The predicted molar refractivity (Wildman–Crippen MR) is 64.0 cm³/mol. The molecule has 0 fully saturated rings. The van der Waals surface area contributed by atoms with E-state index in [1.54, 1.807) is 7.05 Å². The van der Waals surface area contributed by atoms with Gasteiger partial charge >= 0.3 is 0 Å². The smallest absolute Gasteiger partial charge is 0.193 e. The molecule has 1 unspecified atom stereocenters. The van der Waals surface area contributed by atoms with Crippen molar-refractivity contribution >= 4 is 15.8 Å². The SMILES string of the molecule is CN=C(NC(C)CCS(C)(=O)=O)N(C)C. The van der Waals surface area contributed by atoms with Gasteiger partial charge in [0.2, 0.25) is 0 Å². The molecule has 15 heavy (non-hydrogen) atoms. The van der Waals surface area contributed by atoms with Gasteiger partial charge in [0.1, 0.15) is 9.84 Å². The van der Waals surface area contributed by atoms with Gasteiger partial charge in [0.05, 0.1) is 5.75 Å². The molecule has 6 heteroatoms. The van der Waals surface area contributed by atoms with E-state index in [-0.39, 0.29) is 11.8 Å². The fourth-order valence-electron chi connectivity index (χ4n) is 1.08. The maximum Gasteiger partial charge on any atom is 0.193 e. The minimum absolute atomic E-state index is 0.0980. The van der Waals surface area contributed by atoms with Crippen LogP contribution in [0.5, 0.6) is 0 Å². The van der Waals surface area contributed by atoms with Crippen LogP contribution >= 0.6 is 0 Å². The minimum Gasteiger partial charge on any atom is -0.354 e. The minimum atomic E-state index is -2.88. The standard InChI is InChI=1S/C9H21N3O2S/c1-8(6-7-15(5,13)14)11-9(10-2)12(3)4/h8H,6-7H2,1-5H3,(H,10,11). The van der Waals surface area contributed by atoms with Crippen molar-refractivity contribution in [3.05, 3.63) is 0 Å². The highest BCUT2D eigenvalue weighted by molar-refractivity contribution is 7.90. The number of aliphatic imine (C=N–C) groups is 1. The van der Waals surface area contributed by atoms with E-state index < -0.39 is 9.84 Å². The van der Waals surface area contributed by atoms with Gasteiger partial charge in [-0.2, -0.15) is 0 Å². The maximum absolute atomic E-state index is 11.0. The van der Waals surface area contributed by atoms with E-state index in [1.165, 1.54) is 6.26 Å². The molecule has 1 N–H and O–H groups in total. The van der Waals surface area contributed by atoms with Gasteiger partial charge in [0.15, 0.2) is 5.96 Å². The Kier molecular flexibility index (Phi) is 5.64. The van der Waals surface area contributed by atoms with Crippen LogP contribution in [0.3, 0.4) is 0 Å². The zero-order valence-electron chi connectivity index (χ0n) is 10.1. The number of hydrogen-bond acceptors (Lipinski definition) is 3. The number of rotatable bonds is 4. The lowest BCUT2D eigenvalue weighted by molar-refractivity contribution is 0.536. The third kappa shape index (κ3) is 7.18. The van der Waals surface area contributed by atoms with Gasteiger partial charge in [-0.15, -0.1) is 0 Å². The molecule has 0 aliphatic rings. The van der Waals surface area contributed by atoms with Crippen LogP contribution in [0.25, 0.3) is 0 Å². The van der Waals surface area contributed by atoms with Crippen LogP contribution in [0, 0.1) is 0 Å². The average Bonchev–Trinajstić information content (AvgIpc) is 2.09. The van der Waals surface area contributed by atoms with E-state index >= 15 is 0 Å². The van der Waals surface area contributed by atoms with Gasteiger partial charge in [0.25, 0.3) is 0 Å².